The van der Waals surface area contributed by atoms with Crippen LogP contribution in [0.2, 0.25) is 0 Å². The SMILES string of the molecule is O=C(O)CCCC1Oc2cc(OC(=O)N3CCCCC3C(=O)O)c(C(=O)N3CCNCC3)cc2O1. The first-order valence-corrected chi connectivity index (χ1v) is 11.8. The second-order valence-electron chi connectivity index (χ2n) is 8.70. The minimum atomic E-state index is -1.10. The highest BCUT2D eigenvalue weighted by atomic mass is 16.7. The minimum Gasteiger partial charge on any atom is -0.481 e. The van der Waals surface area contributed by atoms with Crippen molar-refractivity contribution in [2.24, 2.45) is 0 Å². The number of piperidine rings is 1. The summed E-state index contributed by atoms with van der Waals surface area (Å²) in [5, 5.41) is 21.5. The largest absolute Gasteiger partial charge is 0.481 e. The molecule has 0 bridgehead atoms. The van der Waals surface area contributed by atoms with E-state index in [1.54, 1.807) is 4.90 Å². The molecule has 3 aliphatic rings. The summed E-state index contributed by atoms with van der Waals surface area (Å²) >= 11 is 0. The fraction of sp³-hybridized carbons (Fsp3) is 0.565. The molecule has 2 amide bonds. The highest BCUT2D eigenvalue weighted by Crippen LogP contribution is 2.41. The molecule has 3 N–H and O–H groups in total. The summed E-state index contributed by atoms with van der Waals surface area (Å²) < 4.78 is 17.1. The zero-order chi connectivity index (χ0) is 24.9. The molecule has 35 heavy (non-hydrogen) atoms. The van der Waals surface area contributed by atoms with Gasteiger partial charge in [-0.3, -0.25) is 14.5 Å². The van der Waals surface area contributed by atoms with E-state index in [2.05, 4.69) is 5.32 Å². The van der Waals surface area contributed by atoms with Gasteiger partial charge in [0.2, 0.25) is 6.29 Å². The normalized spacial score (nSPS) is 21.5. The molecule has 0 aliphatic carbocycles. The third-order valence-corrected chi connectivity index (χ3v) is 6.25. The van der Waals surface area contributed by atoms with Crippen LogP contribution in [-0.2, 0) is 9.59 Å². The van der Waals surface area contributed by atoms with Crippen molar-refractivity contribution in [2.45, 2.75) is 50.9 Å². The summed E-state index contributed by atoms with van der Waals surface area (Å²) in [7, 11) is 0. The van der Waals surface area contributed by atoms with Gasteiger partial charge in [0.25, 0.3) is 5.91 Å². The number of nitrogens with zero attached hydrogens (tertiary/aromatic N) is 2. The molecule has 2 saturated heterocycles. The van der Waals surface area contributed by atoms with Crippen molar-refractivity contribution in [2.75, 3.05) is 32.7 Å². The fourth-order valence-corrected chi connectivity index (χ4v) is 4.42. The average Bonchev–Trinajstić information content (AvgIpc) is 3.24. The monoisotopic (exact) mass is 491 g/mol. The van der Waals surface area contributed by atoms with Crippen LogP contribution in [0, 0.1) is 0 Å². The van der Waals surface area contributed by atoms with E-state index in [1.165, 1.54) is 17.0 Å². The number of benzene rings is 1. The van der Waals surface area contributed by atoms with Crippen LogP contribution in [0.3, 0.4) is 0 Å². The van der Waals surface area contributed by atoms with E-state index in [0.29, 0.717) is 64.0 Å². The Bertz CT molecular complexity index is 993. The molecule has 12 heteroatoms. The number of carboxylic acid groups (broad SMARTS) is 2. The minimum absolute atomic E-state index is 0.0320. The summed E-state index contributed by atoms with van der Waals surface area (Å²) in [6.45, 7) is 2.46. The van der Waals surface area contributed by atoms with Gasteiger partial charge in [-0.2, -0.15) is 0 Å². The van der Waals surface area contributed by atoms with Gasteiger partial charge in [0.15, 0.2) is 11.5 Å². The van der Waals surface area contributed by atoms with Crippen LogP contribution in [0.1, 0.15) is 48.9 Å². The van der Waals surface area contributed by atoms with Crippen molar-refractivity contribution in [1.29, 1.82) is 0 Å². The molecule has 3 heterocycles. The first-order valence-electron chi connectivity index (χ1n) is 11.8. The number of hydrogen-bond acceptors (Lipinski definition) is 8. The molecule has 3 aliphatic heterocycles. The number of nitrogens with one attached hydrogen (secondary N) is 1. The molecule has 2 fully saturated rings. The molecule has 190 valence electrons. The van der Waals surface area contributed by atoms with Gasteiger partial charge in [-0.1, -0.05) is 0 Å². The second kappa shape index (κ2) is 10.8. The summed E-state index contributed by atoms with van der Waals surface area (Å²) in [4.78, 5) is 51.5. The van der Waals surface area contributed by atoms with Gasteiger partial charge < -0.3 is 34.6 Å². The van der Waals surface area contributed by atoms with Gasteiger partial charge in [-0.25, -0.2) is 9.59 Å². The molecule has 12 nitrogen and oxygen atoms in total. The predicted molar refractivity (Wildman–Crippen MR) is 120 cm³/mol. The van der Waals surface area contributed by atoms with Crippen molar-refractivity contribution in [3.05, 3.63) is 17.7 Å². The maximum Gasteiger partial charge on any atom is 0.416 e. The number of carbonyl (C=O) groups is 4. The lowest BCUT2D eigenvalue weighted by Gasteiger charge is -2.32. The molecule has 0 radical (unpaired) electrons. The number of amides is 2. The highest BCUT2D eigenvalue weighted by Gasteiger charge is 2.35. The number of ether oxygens (including phenoxy) is 3. The highest BCUT2D eigenvalue weighted by molar-refractivity contribution is 5.98. The summed E-state index contributed by atoms with van der Waals surface area (Å²) in [6.07, 6.45) is 0.746. The van der Waals surface area contributed by atoms with Crippen LogP contribution < -0.4 is 19.5 Å². The molecule has 0 spiro atoms. The van der Waals surface area contributed by atoms with Gasteiger partial charge in [-0.05, 0) is 25.7 Å². The number of rotatable bonds is 7. The van der Waals surface area contributed by atoms with Gasteiger partial charge in [0.1, 0.15) is 11.8 Å². The molecule has 1 aromatic rings. The zero-order valence-electron chi connectivity index (χ0n) is 19.2. The lowest BCUT2D eigenvalue weighted by molar-refractivity contribution is -0.143. The lowest BCUT2D eigenvalue weighted by Crippen LogP contribution is -2.49. The number of hydrogen-bond donors (Lipinski definition) is 3. The van der Waals surface area contributed by atoms with Crippen molar-refractivity contribution < 1.29 is 43.6 Å². The Hall–Kier alpha value is -3.54. The maximum atomic E-state index is 13.3. The average molecular weight is 491 g/mol. The first kappa shape index (κ1) is 24.6. The van der Waals surface area contributed by atoms with E-state index in [4.69, 9.17) is 19.3 Å². The molecule has 2 unspecified atom stereocenters. The quantitative estimate of drug-likeness (QED) is 0.511. The number of fused-ring (bicyclic) bond motifs is 1. The second-order valence-corrected chi connectivity index (χ2v) is 8.70. The third kappa shape index (κ3) is 5.76. The van der Waals surface area contributed by atoms with Gasteiger partial charge in [0, 0.05) is 57.7 Å². The van der Waals surface area contributed by atoms with E-state index in [1.807, 2.05) is 0 Å². The Morgan fingerprint density at radius 2 is 1.74 bits per heavy atom. The third-order valence-electron chi connectivity index (χ3n) is 6.25. The van der Waals surface area contributed by atoms with E-state index in [9.17, 15) is 24.3 Å². The molecular weight excluding hydrogens is 462 g/mol. The van der Waals surface area contributed by atoms with Crippen molar-refractivity contribution in [3.63, 3.8) is 0 Å². The summed E-state index contributed by atoms with van der Waals surface area (Å²) in [6, 6.07) is 1.88. The standard InChI is InChI=1S/C23H29N3O9/c27-19(28)5-3-6-20-33-17-12-14(21(29)25-10-7-24-8-11-25)16(13-18(17)34-20)35-23(32)26-9-2-1-4-15(26)22(30)31/h12-13,15,20,24H,1-11H2,(H,27,28)(H,30,31). The Morgan fingerprint density at radius 3 is 2.43 bits per heavy atom. The van der Waals surface area contributed by atoms with Crippen LogP contribution >= 0.6 is 0 Å². The van der Waals surface area contributed by atoms with Gasteiger partial charge in [0.05, 0.1) is 5.56 Å². The Balaban J connectivity index is 1.57. The van der Waals surface area contributed by atoms with Crippen LogP contribution in [0.25, 0.3) is 0 Å². The number of carbonyl (C=O) groups excluding carboxylic acids is 2. The molecular formula is C23H29N3O9. The number of aliphatic carboxylic acids is 2. The van der Waals surface area contributed by atoms with Crippen LogP contribution in [-0.4, -0.2) is 89.0 Å². The van der Waals surface area contributed by atoms with E-state index in [-0.39, 0.29) is 35.9 Å². The molecule has 2 atom stereocenters. The van der Waals surface area contributed by atoms with Crippen LogP contribution in [0.4, 0.5) is 4.79 Å². The molecule has 0 saturated carbocycles. The van der Waals surface area contributed by atoms with E-state index in [0.717, 1.165) is 0 Å². The van der Waals surface area contributed by atoms with Crippen molar-refractivity contribution in [3.8, 4) is 17.2 Å². The number of likely N-dealkylation sites (tertiary alicyclic amines) is 1. The van der Waals surface area contributed by atoms with Gasteiger partial charge >= 0.3 is 18.0 Å². The first-order chi connectivity index (χ1) is 16.8. The van der Waals surface area contributed by atoms with Crippen molar-refractivity contribution >= 4 is 23.9 Å². The molecule has 0 aromatic heterocycles. The number of carboxylic acids is 2. The fourth-order valence-electron chi connectivity index (χ4n) is 4.42. The topological polar surface area (TPSA) is 155 Å². The Labute approximate surface area is 201 Å². The molecule has 4 rings (SSSR count). The molecule has 1 aromatic carbocycles. The van der Waals surface area contributed by atoms with Crippen LogP contribution in [0.15, 0.2) is 12.1 Å². The lowest BCUT2D eigenvalue weighted by atomic mass is 10.0. The zero-order valence-corrected chi connectivity index (χ0v) is 19.2. The predicted octanol–water partition coefficient (Wildman–Crippen LogP) is 1.52. The Morgan fingerprint density at radius 1 is 1.03 bits per heavy atom. The van der Waals surface area contributed by atoms with Gasteiger partial charge in [-0.15, -0.1) is 0 Å². The summed E-state index contributed by atoms with van der Waals surface area (Å²) in [5.74, 6) is -1.85. The van der Waals surface area contributed by atoms with Crippen molar-refractivity contribution in [1.82, 2.24) is 15.1 Å². The Kier molecular flexibility index (Phi) is 7.59. The summed E-state index contributed by atoms with van der Waals surface area (Å²) in [5.41, 5.74) is 0.109. The number of piperazine rings is 1. The van der Waals surface area contributed by atoms with E-state index < -0.39 is 30.4 Å². The van der Waals surface area contributed by atoms with E-state index >= 15 is 0 Å². The maximum absolute atomic E-state index is 13.3. The smallest absolute Gasteiger partial charge is 0.416 e. The van der Waals surface area contributed by atoms with Crippen LogP contribution in [0.5, 0.6) is 17.2 Å².